The van der Waals surface area contributed by atoms with Crippen molar-refractivity contribution in [3.05, 3.63) is 54.0 Å². The number of hydrogen-bond donors (Lipinski definition) is 2. The van der Waals surface area contributed by atoms with Crippen LogP contribution in [0.4, 0.5) is 16.0 Å². The maximum atomic E-state index is 13.2. The molecular formula is C20H21FN6O. The zero-order valence-corrected chi connectivity index (χ0v) is 15.5. The molecule has 1 aliphatic rings. The number of anilines is 2. The predicted molar refractivity (Wildman–Crippen MR) is 104 cm³/mol. The number of carbonyl (C=O) groups is 1. The number of nitrogens with two attached hydrogens (primary N) is 1. The lowest BCUT2D eigenvalue weighted by Crippen LogP contribution is -2.13. The SMILES string of the molecule is Cc1cnc(Nc2cccc(C(N)=O)c2)nc1-c1cnn(CC2(CF)CC2)c1. The molecule has 7 nitrogen and oxygen atoms in total. The molecule has 0 bridgehead atoms. The summed E-state index contributed by atoms with van der Waals surface area (Å²) in [4.78, 5) is 20.2. The third kappa shape index (κ3) is 3.71. The van der Waals surface area contributed by atoms with E-state index in [4.69, 9.17) is 5.73 Å². The lowest BCUT2D eigenvalue weighted by atomic mass is 10.1. The molecule has 4 rings (SSSR count). The van der Waals surface area contributed by atoms with Crippen LogP contribution in [0.15, 0.2) is 42.9 Å². The van der Waals surface area contributed by atoms with E-state index in [1.54, 1.807) is 41.3 Å². The fourth-order valence-electron chi connectivity index (χ4n) is 3.10. The Balaban J connectivity index is 1.57. The van der Waals surface area contributed by atoms with Crippen LogP contribution in [0, 0.1) is 12.3 Å². The van der Waals surface area contributed by atoms with Crippen LogP contribution >= 0.6 is 0 Å². The van der Waals surface area contributed by atoms with Crippen LogP contribution in [0.1, 0.15) is 28.8 Å². The van der Waals surface area contributed by atoms with Gasteiger partial charge in [0.25, 0.3) is 0 Å². The van der Waals surface area contributed by atoms with E-state index in [9.17, 15) is 9.18 Å². The van der Waals surface area contributed by atoms with E-state index in [-0.39, 0.29) is 12.1 Å². The lowest BCUT2D eigenvalue weighted by Gasteiger charge is -2.10. The fourth-order valence-corrected chi connectivity index (χ4v) is 3.10. The molecule has 2 heterocycles. The second kappa shape index (κ2) is 7.03. The summed E-state index contributed by atoms with van der Waals surface area (Å²) in [6.07, 6.45) is 7.17. The van der Waals surface area contributed by atoms with Crippen LogP contribution < -0.4 is 11.1 Å². The summed E-state index contributed by atoms with van der Waals surface area (Å²) in [5, 5.41) is 7.46. The van der Waals surface area contributed by atoms with Crippen LogP contribution in [0.25, 0.3) is 11.3 Å². The molecule has 0 spiro atoms. The Morgan fingerprint density at radius 2 is 2.18 bits per heavy atom. The number of hydrogen-bond acceptors (Lipinski definition) is 5. The van der Waals surface area contributed by atoms with Crippen molar-refractivity contribution in [2.45, 2.75) is 26.3 Å². The van der Waals surface area contributed by atoms with Crippen LogP contribution in [-0.2, 0) is 6.54 Å². The molecule has 0 saturated heterocycles. The minimum absolute atomic E-state index is 0.234. The third-order valence-corrected chi connectivity index (χ3v) is 5.02. The minimum Gasteiger partial charge on any atom is -0.366 e. The molecule has 0 aliphatic heterocycles. The number of aromatic nitrogens is 4. The van der Waals surface area contributed by atoms with E-state index in [1.807, 2.05) is 13.1 Å². The summed E-state index contributed by atoms with van der Waals surface area (Å²) in [6, 6.07) is 6.84. The zero-order valence-electron chi connectivity index (χ0n) is 15.5. The van der Waals surface area contributed by atoms with Crippen molar-refractivity contribution < 1.29 is 9.18 Å². The second-order valence-corrected chi connectivity index (χ2v) is 7.36. The first kappa shape index (κ1) is 18.1. The van der Waals surface area contributed by atoms with E-state index in [0.29, 0.717) is 23.7 Å². The van der Waals surface area contributed by atoms with E-state index in [2.05, 4.69) is 20.4 Å². The van der Waals surface area contributed by atoms with Gasteiger partial charge in [-0.1, -0.05) is 6.07 Å². The normalized spacial score (nSPS) is 14.6. The molecule has 3 N–H and O–H groups in total. The van der Waals surface area contributed by atoms with E-state index >= 15 is 0 Å². The Morgan fingerprint density at radius 1 is 1.36 bits per heavy atom. The zero-order chi connectivity index (χ0) is 19.7. The number of nitrogens with one attached hydrogen (secondary N) is 1. The number of benzene rings is 1. The Labute approximate surface area is 161 Å². The molecule has 1 fully saturated rings. The van der Waals surface area contributed by atoms with E-state index in [1.165, 1.54) is 0 Å². The van der Waals surface area contributed by atoms with Gasteiger partial charge < -0.3 is 11.1 Å². The van der Waals surface area contributed by atoms with Crippen molar-refractivity contribution in [3.8, 4) is 11.3 Å². The molecular weight excluding hydrogens is 359 g/mol. The number of halogens is 1. The average molecular weight is 380 g/mol. The molecule has 2 aromatic heterocycles. The summed E-state index contributed by atoms with van der Waals surface area (Å²) in [5.41, 5.74) is 8.67. The van der Waals surface area contributed by atoms with Crippen LogP contribution in [0.5, 0.6) is 0 Å². The first-order valence-electron chi connectivity index (χ1n) is 9.07. The number of rotatable bonds is 7. The lowest BCUT2D eigenvalue weighted by molar-refractivity contribution is 0.100. The Kier molecular flexibility index (Phi) is 4.54. The summed E-state index contributed by atoms with van der Waals surface area (Å²) >= 11 is 0. The van der Waals surface area contributed by atoms with Gasteiger partial charge in [0.1, 0.15) is 0 Å². The number of aryl methyl sites for hydroxylation is 1. The van der Waals surface area contributed by atoms with Crippen molar-refractivity contribution in [1.82, 2.24) is 19.7 Å². The molecule has 144 valence electrons. The summed E-state index contributed by atoms with van der Waals surface area (Å²) in [5.74, 6) is -0.0966. The maximum absolute atomic E-state index is 13.2. The summed E-state index contributed by atoms with van der Waals surface area (Å²) < 4.78 is 14.9. The highest BCUT2D eigenvalue weighted by Gasteiger charge is 2.43. The van der Waals surface area contributed by atoms with Crippen molar-refractivity contribution in [3.63, 3.8) is 0 Å². The molecule has 1 aliphatic carbocycles. The van der Waals surface area contributed by atoms with Crippen LogP contribution in [0.3, 0.4) is 0 Å². The van der Waals surface area contributed by atoms with E-state index in [0.717, 1.165) is 29.7 Å². The van der Waals surface area contributed by atoms with E-state index < -0.39 is 5.91 Å². The van der Waals surface area contributed by atoms with Crippen molar-refractivity contribution in [2.24, 2.45) is 11.1 Å². The van der Waals surface area contributed by atoms with Gasteiger partial charge in [0.15, 0.2) is 0 Å². The van der Waals surface area contributed by atoms with Gasteiger partial charge in [-0.3, -0.25) is 13.9 Å². The van der Waals surface area contributed by atoms with Crippen molar-refractivity contribution >= 4 is 17.5 Å². The number of nitrogens with zero attached hydrogens (tertiary/aromatic N) is 4. The molecule has 0 radical (unpaired) electrons. The molecule has 1 saturated carbocycles. The quantitative estimate of drug-likeness (QED) is 0.656. The third-order valence-electron chi connectivity index (χ3n) is 5.02. The van der Waals surface area contributed by atoms with Crippen LogP contribution in [0.2, 0.25) is 0 Å². The van der Waals surface area contributed by atoms with Gasteiger partial charge in [0.05, 0.1) is 18.6 Å². The Hall–Kier alpha value is -3.29. The molecule has 1 aromatic carbocycles. The van der Waals surface area contributed by atoms with Crippen molar-refractivity contribution in [1.29, 1.82) is 0 Å². The number of primary amides is 1. The van der Waals surface area contributed by atoms with Gasteiger partial charge in [0, 0.05) is 41.2 Å². The van der Waals surface area contributed by atoms with Gasteiger partial charge in [-0.15, -0.1) is 0 Å². The number of carbonyl (C=O) groups excluding carboxylic acids is 1. The number of alkyl halides is 1. The largest absolute Gasteiger partial charge is 0.366 e. The maximum Gasteiger partial charge on any atom is 0.248 e. The predicted octanol–water partition coefficient (Wildman–Crippen LogP) is 3.24. The van der Waals surface area contributed by atoms with Gasteiger partial charge in [0.2, 0.25) is 11.9 Å². The van der Waals surface area contributed by atoms with Gasteiger partial charge >= 0.3 is 0 Å². The number of amides is 1. The highest BCUT2D eigenvalue weighted by molar-refractivity contribution is 5.93. The summed E-state index contributed by atoms with van der Waals surface area (Å²) in [7, 11) is 0. The first-order valence-corrected chi connectivity index (χ1v) is 9.07. The second-order valence-electron chi connectivity index (χ2n) is 7.36. The van der Waals surface area contributed by atoms with Gasteiger partial charge in [-0.2, -0.15) is 5.10 Å². The molecule has 8 heteroatoms. The molecule has 3 aromatic rings. The van der Waals surface area contributed by atoms with Gasteiger partial charge in [-0.05, 0) is 43.5 Å². The highest BCUT2D eigenvalue weighted by atomic mass is 19.1. The molecule has 1 amide bonds. The van der Waals surface area contributed by atoms with Gasteiger partial charge in [-0.25, -0.2) is 9.97 Å². The monoisotopic (exact) mass is 380 g/mol. The minimum atomic E-state index is -0.497. The highest BCUT2D eigenvalue weighted by Crippen LogP contribution is 2.47. The summed E-state index contributed by atoms with van der Waals surface area (Å²) in [6.45, 7) is 2.19. The Morgan fingerprint density at radius 3 is 2.89 bits per heavy atom. The smallest absolute Gasteiger partial charge is 0.248 e. The molecule has 0 atom stereocenters. The average Bonchev–Trinajstić information content (AvgIpc) is 3.31. The van der Waals surface area contributed by atoms with Crippen molar-refractivity contribution in [2.75, 3.05) is 12.0 Å². The fraction of sp³-hybridized carbons (Fsp3) is 0.300. The molecule has 0 unspecified atom stereocenters. The topological polar surface area (TPSA) is 98.7 Å². The Bertz CT molecular complexity index is 1030. The molecule has 28 heavy (non-hydrogen) atoms. The first-order chi connectivity index (χ1) is 13.5. The standard InChI is InChI=1S/C20H21FN6O/c1-13-8-23-19(25-16-4-2-3-14(7-16)18(22)28)26-17(13)15-9-24-27(10-15)12-20(11-21)5-6-20/h2-4,7-10H,5-6,11-12H2,1H3,(H2,22,28)(H,23,25,26). The van der Waals surface area contributed by atoms with Crippen LogP contribution in [-0.4, -0.2) is 32.3 Å².